The second-order valence-corrected chi connectivity index (χ2v) is 3.72. The third-order valence-corrected chi connectivity index (χ3v) is 2.45. The molecule has 20 heavy (non-hydrogen) atoms. The molecule has 0 aliphatic carbocycles. The van der Waals surface area contributed by atoms with Crippen LogP contribution in [0.4, 0.5) is 10.1 Å². The number of non-ortho nitro benzene ring substituents is 1. The first-order chi connectivity index (χ1) is 9.47. The van der Waals surface area contributed by atoms with E-state index in [1.54, 1.807) is 6.07 Å². The molecule has 1 aromatic rings. The maximum atomic E-state index is 13.7. The van der Waals surface area contributed by atoms with Gasteiger partial charge < -0.3 is 10.5 Å². The highest BCUT2D eigenvalue weighted by Crippen LogP contribution is 2.25. The van der Waals surface area contributed by atoms with Gasteiger partial charge in [-0.1, -0.05) is 0 Å². The Bertz CT molecular complexity index is 556. The van der Waals surface area contributed by atoms with Crippen molar-refractivity contribution in [1.29, 1.82) is 5.26 Å². The monoisotopic (exact) mass is 280 g/mol. The second kappa shape index (κ2) is 7.16. The predicted octanol–water partition coefficient (Wildman–Crippen LogP) is 1.07. The van der Waals surface area contributed by atoms with Gasteiger partial charge in [-0.2, -0.15) is 5.26 Å². The number of nitrogens with zero attached hydrogens (tertiary/aromatic N) is 2. The summed E-state index contributed by atoms with van der Waals surface area (Å²) in [4.78, 5) is 21.3. The summed E-state index contributed by atoms with van der Waals surface area (Å²) in [6, 6.07) is 4.56. The Morgan fingerprint density at radius 2 is 2.25 bits per heavy atom. The van der Waals surface area contributed by atoms with Crippen LogP contribution in [0.1, 0.15) is 12.0 Å². The predicted molar refractivity (Wildman–Crippen MR) is 65.6 cm³/mol. The zero-order chi connectivity index (χ0) is 15.1. The van der Waals surface area contributed by atoms with E-state index in [2.05, 4.69) is 0 Å². The lowest BCUT2D eigenvalue weighted by atomic mass is 9.94. The fraction of sp³-hybridized carbons (Fsp3) is 0.250. The van der Waals surface area contributed by atoms with Gasteiger partial charge in [0.2, 0.25) is 5.91 Å². The summed E-state index contributed by atoms with van der Waals surface area (Å²) in [7, 11) is 0. The average Bonchev–Trinajstić information content (AvgIpc) is 2.39. The van der Waals surface area contributed by atoms with E-state index in [0.29, 0.717) is 0 Å². The lowest BCUT2D eigenvalue weighted by Gasteiger charge is -2.13. The number of nitro groups is 1. The Hall–Kier alpha value is -2.53. The molecule has 1 radical (unpaired) electrons. The molecule has 0 aromatic heterocycles. The van der Waals surface area contributed by atoms with Crippen molar-refractivity contribution in [3.8, 4) is 6.07 Å². The molecule has 0 aliphatic rings. The third kappa shape index (κ3) is 4.00. The van der Waals surface area contributed by atoms with Crippen LogP contribution >= 0.6 is 0 Å². The molecule has 1 aromatic carbocycles. The fourth-order valence-corrected chi connectivity index (χ4v) is 1.54. The standard InChI is InChI=1S/C12H11FN3O4/c13-11-2-1-8(16(18)19)7-10(11)9(12(15)17)3-5-20-6-4-14/h1-2,7H,3,5-6H2,(H2,15,17). The highest BCUT2D eigenvalue weighted by atomic mass is 19.1. The molecule has 105 valence electrons. The Morgan fingerprint density at radius 1 is 1.55 bits per heavy atom. The molecular formula is C12H11FN3O4. The van der Waals surface area contributed by atoms with Crippen LogP contribution in [0.2, 0.25) is 0 Å². The van der Waals surface area contributed by atoms with Gasteiger partial charge in [0.25, 0.3) is 5.69 Å². The van der Waals surface area contributed by atoms with E-state index in [0.717, 1.165) is 18.2 Å². The van der Waals surface area contributed by atoms with Crippen molar-refractivity contribution in [2.75, 3.05) is 13.2 Å². The number of ether oxygens (including phenoxy) is 1. The number of nitriles is 1. The Morgan fingerprint density at radius 3 is 2.80 bits per heavy atom. The second-order valence-electron chi connectivity index (χ2n) is 3.72. The minimum absolute atomic E-state index is 0.0199. The summed E-state index contributed by atoms with van der Waals surface area (Å²) in [5.74, 6) is -1.81. The molecule has 1 amide bonds. The summed E-state index contributed by atoms with van der Waals surface area (Å²) in [5.41, 5.74) is 4.57. The summed E-state index contributed by atoms with van der Waals surface area (Å²) in [6.45, 7) is -0.197. The molecule has 7 nitrogen and oxygen atoms in total. The number of carbonyl (C=O) groups is 1. The number of halogens is 1. The number of rotatable bonds is 7. The molecule has 0 bridgehead atoms. The van der Waals surface area contributed by atoms with E-state index in [9.17, 15) is 19.3 Å². The van der Waals surface area contributed by atoms with Crippen molar-refractivity contribution in [2.24, 2.45) is 5.73 Å². The molecular weight excluding hydrogens is 269 g/mol. The van der Waals surface area contributed by atoms with E-state index in [1.165, 1.54) is 0 Å². The zero-order valence-corrected chi connectivity index (χ0v) is 10.3. The molecule has 0 atom stereocenters. The smallest absolute Gasteiger partial charge is 0.269 e. The van der Waals surface area contributed by atoms with Crippen LogP contribution in [0.15, 0.2) is 18.2 Å². The SMILES string of the molecule is N#CCOCC[C](C(N)=O)c1cc([N+](=O)[O-])ccc1F. The van der Waals surface area contributed by atoms with Crippen LogP contribution in [-0.4, -0.2) is 24.0 Å². The van der Waals surface area contributed by atoms with Gasteiger partial charge in [-0.3, -0.25) is 14.9 Å². The number of primary amides is 1. The van der Waals surface area contributed by atoms with E-state index >= 15 is 0 Å². The zero-order valence-electron chi connectivity index (χ0n) is 10.3. The van der Waals surface area contributed by atoms with Gasteiger partial charge in [-0.15, -0.1) is 0 Å². The van der Waals surface area contributed by atoms with Crippen molar-refractivity contribution < 1.29 is 18.8 Å². The number of carbonyl (C=O) groups excluding carboxylic acids is 1. The van der Waals surface area contributed by atoms with E-state index in [1.807, 2.05) is 0 Å². The maximum Gasteiger partial charge on any atom is 0.269 e. The first kappa shape index (κ1) is 15.5. The Kier molecular flexibility index (Phi) is 5.56. The molecule has 0 heterocycles. The number of nitro benzene ring substituents is 1. The highest BCUT2D eigenvalue weighted by molar-refractivity contribution is 5.93. The van der Waals surface area contributed by atoms with Crippen molar-refractivity contribution in [1.82, 2.24) is 0 Å². The molecule has 8 heteroatoms. The van der Waals surface area contributed by atoms with Crippen molar-refractivity contribution >= 4 is 11.6 Å². The van der Waals surface area contributed by atoms with Gasteiger partial charge in [-0.25, -0.2) is 4.39 Å². The molecule has 0 saturated carbocycles. The minimum Gasteiger partial charge on any atom is -0.369 e. The third-order valence-electron chi connectivity index (χ3n) is 2.45. The highest BCUT2D eigenvalue weighted by Gasteiger charge is 2.24. The molecule has 0 saturated heterocycles. The molecule has 0 unspecified atom stereocenters. The first-order valence-electron chi connectivity index (χ1n) is 5.52. The normalized spacial score (nSPS) is 10.2. The molecule has 0 spiro atoms. The van der Waals surface area contributed by atoms with Gasteiger partial charge in [0.1, 0.15) is 12.4 Å². The van der Waals surface area contributed by atoms with Crippen LogP contribution in [0, 0.1) is 33.2 Å². The maximum absolute atomic E-state index is 13.7. The molecule has 2 N–H and O–H groups in total. The summed E-state index contributed by atoms with van der Waals surface area (Å²) < 4.78 is 18.5. The lowest BCUT2D eigenvalue weighted by molar-refractivity contribution is -0.385. The lowest BCUT2D eigenvalue weighted by Crippen LogP contribution is -2.24. The van der Waals surface area contributed by atoms with Crippen LogP contribution in [-0.2, 0) is 9.53 Å². The molecule has 0 fully saturated rings. The van der Waals surface area contributed by atoms with Gasteiger partial charge in [0.05, 0.1) is 16.9 Å². The van der Waals surface area contributed by atoms with Gasteiger partial charge >= 0.3 is 0 Å². The van der Waals surface area contributed by atoms with Crippen LogP contribution < -0.4 is 5.73 Å². The van der Waals surface area contributed by atoms with E-state index in [4.69, 9.17) is 15.7 Å². The quantitative estimate of drug-likeness (QED) is 0.455. The van der Waals surface area contributed by atoms with Crippen molar-refractivity contribution in [3.05, 3.63) is 45.6 Å². The number of hydrogen-bond donors (Lipinski definition) is 1. The number of amides is 1. The first-order valence-corrected chi connectivity index (χ1v) is 5.52. The van der Waals surface area contributed by atoms with Gasteiger partial charge in [0.15, 0.2) is 0 Å². The largest absolute Gasteiger partial charge is 0.369 e. The van der Waals surface area contributed by atoms with Gasteiger partial charge in [0, 0.05) is 24.3 Å². The van der Waals surface area contributed by atoms with Crippen molar-refractivity contribution in [3.63, 3.8) is 0 Å². The number of hydrogen-bond acceptors (Lipinski definition) is 5. The number of nitrogens with two attached hydrogens (primary N) is 1. The summed E-state index contributed by atoms with van der Waals surface area (Å²) in [6.07, 6.45) is -0.0465. The Labute approximate surface area is 113 Å². The Balaban J connectivity index is 2.96. The van der Waals surface area contributed by atoms with Gasteiger partial charge in [-0.05, 0) is 12.5 Å². The van der Waals surface area contributed by atoms with Crippen LogP contribution in [0.3, 0.4) is 0 Å². The van der Waals surface area contributed by atoms with Crippen molar-refractivity contribution in [2.45, 2.75) is 6.42 Å². The van der Waals surface area contributed by atoms with Crippen LogP contribution in [0.25, 0.3) is 0 Å². The fourth-order valence-electron chi connectivity index (χ4n) is 1.54. The number of benzene rings is 1. The van der Waals surface area contributed by atoms with Crippen LogP contribution in [0.5, 0.6) is 0 Å². The van der Waals surface area contributed by atoms with E-state index in [-0.39, 0.29) is 36.8 Å². The molecule has 1 rings (SSSR count). The van der Waals surface area contributed by atoms with E-state index < -0.39 is 16.6 Å². The average molecular weight is 280 g/mol. The molecule has 0 aliphatic heterocycles. The summed E-state index contributed by atoms with van der Waals surface area (Å²) >= 11 is 0. The summed E-state index contributed by atoms with van der Waals surface area (Å²) in [5, 5.41) is 18.9. The topological polar surface area (TPSA) is 119 Å². The minimum atomic E-state index is -0.898.